The molecule has 8 heteroatoms. The topological polar surface area (TPSA) is 90.0 Å². The van der Waals surface area contributed by atoms with E-state index in [0.717, 1.165) is 19.3 Å². The first kappa shape index (κ1) is 21.0. The molecule has 1 aliphatic carbocycles. The van der Waals surface area contributed by atoms with Gasteiger partial charge in [-0.25, -0.2) is 4.79 Å². The summed E-state index contributed by atoms with van der Waals surface area (Å²) in [5.74, 6) is 0.455. The number of hydrogen-bond acceptors (Lipinski definition) is 4. The lowest BCUT2D eigenvalue weighted by Crippen LogP contribution is -2.57. The van der Waals surface area contributed by atoms with E-state index >= 15 is 0 Å². The number of carbonyl (C=O) groups excluding carboxylic acids is 4. The van der Waals surface area contributed by atoms with Crippen LogP contribution in [0, 0.1) is 11.8 Å². The molecule has 3 heterocycles. The minimum Gasteiger partial charge on any atom is -0.340 e. The zero-order chi connectivity index (χ0) is 22.5. The van der Waals surface area contributed by atoms with Crippen molar-refractivity contribution in [1.29, 1.82) is 0 Å². The highest BCUT2D eigenvalue weighted by molar-refractivity contribution is 6.07. The predicted molar refractivity (Wildman–Crippen MR) is 117 cm³/mol. The Morgan fingerprint density at radius 3 is 2.38 bits per heavy atom. The number of rotatable bonds is 3. The van der Waals surface area contributed by atoms with Crippen LogP contribution >= 0.6 is 0 Å². The van der Waals surface area contributed by atoms with Crippen molar-refractivity contribution in [2.45, 2.75) is 50.6 Å². The summed E-state index contributed by atoms with van der Waals surface area (Å²) in [4.78, 5) is 56.7. The van der Waals surface area contributed by atoms with E-state index in [4.69, 9.17) is 0 Å². The van der Waals surface area contributed by atoms with E-state index in [2.05, 4.69) is 12.2 Å². The van der Waals surface area contributed by atoms with Crippen LogP contribution in [0.4, 0.5) is 4.79 Å². The molecule has 1 N–H and O–H groups in total. The maximum atomic E-state index is 13.4. The van der Waals surface area contributed by atoms with Crippen LogP contribution in [0.5, 0.6) is 0 Å². The van der Waals surface area contributed by atoms with E-state index in [1.54, 1.807) is 17.0 Å². The molecule has 0 radical (unpaired) electrons. The molecule has 5 rings (SSSR count). The summed E-state index contributed by atoms with van der Waals surface area (Å²) in [5.41, 5.74) is -0.314. The molecule has 3 aliphatic heterocycles. The quantitative estimate of drug-likeness (QED) is 0.730. The standard InChI is InChI=1S/C24H30N4O4/c1-16-14-19(16)21(30)27-11-5-8-18(15-27)28-22(31)24(25-23(28)32)9-12-26(13-10-24)20(29)17-6-3-2-4-7-17/h2-4,6-7,16,18-19H,5,8-15H2,1H3,(H,25,32). The molecule has 8 nitrogen and oxygen atoms in total. The Morgan fingerprint density at radius 2 is 1.72 bits per heavy atom. The zero-order valence-electron chi connectivity index (χ0n) is 18.5. The Bertz CT molecular complexity index is 941. The first-order valence-electron chi connectivity index (χ1n) is 11.7. The first-order chi connectivity index (χ1) is 15.4. The van der Waals surface area contributed by atoms with Crippen molar-refractivity contribution in [3.63, 3.8) is 0 Å². The summed E-state index contributed by atoms with van der Waals surface area (Å²) >= 11 is 0. The molecule has 4 aliphatic rings. The monoisotopic (exact) mass is 438 g/mol. The summed E-state index contributed by atoms with van der Waals surface area (Å²) in [6, 6.07) is 8.47. The number of nitrogens with zero attached hydrogens (tertiary/aromatic N) is 3. The number of imide groups is 1. The summed E-state index contributed by atoms with van der Waals surface area (Å²) in [6.45, 7) is 4.05. The summed E-state index contributed by atoms with van der Waals surface area (Å²) in [5, 5.41) is 2.95. The van der Waals surface area contributed by atoms with Gasteiger partial charge < -0.3 is 15.1 Å². The van der Waals surface area contributed by atoms with Crippen LogP contribution in [0.25, 0.3) is 0 Å². The van der Waals surface area contributed by atoms with Crippen molar-refractivity contribution in [2.24, 2.45) is 11.8 Å². The van der Waals surface area contributed by atoms with Crippen molar-refractivity contribution < 1.29 is 19.2 Å². The minimum absolute atomic E-state index is 0.0511. The summed E-state index contributed by atoms with van der Waals surface area (Å²) in [7, 11) is 0. The van der Waals surface area contributed by atoms with Gasteiger partial charge in [0.05, 0.1) is 6.04 Å². The van der Waals surface area contributed by atoms with Gasteiger partial charge in [-0.1, -0.05) is 25.1 Å². The van der Waals surface area contributed by atoms with E-state index in [-0.39, 0.29) is 35.7 Å². The van der Waals surface area contributed by atoms with Crippen molar-refractivity contribution in [3.05, 3.63) is 35.9 Å². The van der Waals surface area contributed by atoms with Gasteiger partial charge in [0.15, 0.2) is 0 Å². The number of hydrogen-bond donors (Lipinski definition) is 1. The fourth-order valence-electron chi connectivity index (χ4n) is 5.43. The lowest BCUT2D eigenvalue weighted by Gasteiger charge is -2.39. The average molecular weight is 439 g/mol. The second-order valence-electron chi connectivity index (χ2n) is 9.75. The molecular formula is C24H30N4O4. The zero-order valence-corrected chi connectivity index (χ0v) is 18.5. The maximum Gasteiger partial charge on any atom is 0.325 e. The molecule has 32 heavy (non-hydrogen) atoms. The minimum atomic E-state index is -0.943. The lowest BCUT2D eigenvalue weighted by atomic mass is 9.86. The van der Waals surface area contributed by atoms with Crippen molar-refractivity contribution in [3.8, 4) is 0 Å². The van der Waals surface area contributed by atoms with Gasteiger partial charge in [0, 0.05) is 37.7 Å². The fraction of sp³-hybridized carbons (Fsp3) is 0.583. The Morgan fingerprint density at radius 1 is 1.03 bits per heavy atom. The number of urea groups is 1. The summed E-state index contributed by atoms with van der Waals surface area (Å²) < 4.78 is 0. The number of piperidine rings is 2. The Balaban J connectivity index is 1.24. The van der Waals surface area contributed by atoms with Gasteiger partial charge in [0.1, 0.15) is 5.54 Å². The number of benzene rings is 1. The van der Waals surface area contributed by atoms with E-state index in [0.29, 0.717) is 50.5 Å². The average Bonchev–Trinajstić information content (AvgIpc) is 3.50. The van der Waals surface area contributed by atoms with Crippen LogP contribution in [0.1, 0.15) is 49.4 Å². The van der Waals surface area contributed by atoms with Gasteiger partial charge in [-0.3, -0.25) is 19.3 Å². The normalized spacial score (nSPS) is 29.3. The van der Waals surface area contributed by atoms with Gasteiger partial charge in [-0.15, -0.1) is 0 Å². The van der Waals surface area contributed by atoms with Crippen molar-refractivity contribution in [1.82, 2.24) is 20.0 Å². The smallest absolute Gasteiger partial charge is 0.325 e. The molecular weight excluding hydrogens is 408 g/mol. The summed E-state index contributed by atoms with van der Waals surface area (Å²) in [6.07, 6.45) is 3.26. The van der Waals surface area contributed by atoms with Crippen molar-refractivity contribution >= 4 is 23.8 Å². The molecule has 1 aromatic rings. The third-order valence-electron chi connectivity index (χ3n) is 7.62. The van der Waals surface area contributed by atoms with Crippen LogP contribution in [0.2, 0.25) is 0 Å². The van der Waals surface area contributed by atoms with E-state index < -0.39 is 5.54 Å². The Hall–Kier alpha value is -2.90. The molecule has 3 saturated heterocycles. The number of nitrogens with one attached hydrogen (secondary N) is 1. The number of amides is 5. The van der Waals surface area contributed by atoms with Crippen LogP contribution < -0.4 is 5.32 Å². The number of likely N-dealkylation sites (tertiary alicyclic amines) is 2. The molecule has 1 saturated carbocycles. The highest BCUT2D eigenvalue weighted by Gasteiger charge is 2.55. The van der Waals surface area contributed by atoms with Gasteiger partial charge in [0.25, 0.3) is 11.8 Å². The molecule has 3 unspecified atom stereocenters. The molecule has 4 fully saturated rings. The van der Waals surface area contributed by atoms with Crippen LogP contribution in [0.15, 0.2) is 30.3 Å². The molecule has 1 aromatic carbocycles. The SMILES string of the molecule is CC1CC1C(=O)N1CCCC(N2C(=O)NC3(CCN(C(=O)c4ccccc4)CC3)C2=O)C1. The van der Waals surface area contributed by atoms with Crippen molar-refractivity contribution in [2.75, 3.05) is 26.2 Å². The largest absolute Gasteiger partial charge is 0.340 e. The van der Waals surface area contributed by atoms with Crippen LogP contribution in [-0.4, -0.2) is 76.2 Å². The Labute approximate surface area is 187 Å². The van der Waals surface area contributed by atoms with E-state index in [1.165, 1.54) is 4.90 Å². The highest BCUT2D eigenvalue weighted by Crippen LogP contribution is 2.40. The third kappa shape index (κ3) is 3.55. The molecule has 3 atom stereocenters. The molecule has 0 bridgehead atoms. The Kier molecular flexibility index (Phi) is 5.18. The van der Waals surface area contributed by atoms with Gasteiger partial charge >= 0.3 is 6.03 Å². The molecule has 5 amide bonds. The molecule has 170 valence electrons. The first-order valence-corrected chi connectivity index (χ1v) is 11.7. The van der Waals surface area contributed by atoms with Crippen LogP contribution in [0.3, 0.4) is 0 Å². The van der Waals surface area contributed by atoms with Gasteiger partial charge in [0.2, 0.25) is 5.91 Å². The fourth-order valence-corrected chi connectivity index (χ4v) is 5.43. The second-order valence-corrected chi connectivity index (χ2v) is 9.75. The third-order valence-corrected chi connectivity index (χ3v) is 7.62. The molecule has 0 aromatic heterocycles. The lowest BCUT2D eigenvalue weighted by molar-refractivity contribution is -0.139. The van der Waals surface area contributed by atoms with Gasteiger partial charge in [-0.05, 0) is 50.2 Å². The van der Waals surface area contributed by atoms with E-state index in [1.807, 2.05) is 23.1 Å². The predicted octanol–water partition coefficient (Wildman–Crippen LogP) is 1.86. The van der Waals surface area contributed by atoms with Gasteiger partial charge in [-0.2, -0.15) is 0 Å². The molecule has 1 spiro atoms. The van der Waals surface area contributed by atoms with Crippen LogP contribution in [-0.2, 0) is 9.59 Å². The highest BCUT2D eigenvalue weighted by atomic mass is 16.2. The number of carbonyl (C=O) groups is 4. The van der Waals surface area contributed by atoms with E-state index in [9.17, 15) is 19.2 Å². The maximum absolute atomic E-state index is 13.4. The second kappa shape index (κ2) is 7.90.